The van der Waals surface area contributed by atoms with Gasteiger partial charge in [0.25, 0.3) is 0 Å². The van der Waals surface area contributed by atoms with Gasteiger partial charge in [-0.2, -0.15) is 0 Å². The van der Waals surface area contributed by atoms with Crippen LogP contribution in [0.15, 0.2) is 24.3 Å². The van der Waals surface area contributed by atoms with Crippen LogP contribution < -0.4 is 0 Å². The summed E-state index contributed by atoms with van der Waals surface area (Å²) in [6.45, 7) is 8.44. The van der Waals surface area contributed by atoms with E-state index < -0.39 is 0 Å². The lowest BCUT2D eigenvalue weighted by molar-refractivity contribution is -0.119. The van der Waals surface area contributed by atoms with Gasteiger partial charge in [0.1, 0.15) is 5.78 Å². The first-order chi connectivity index (χ1) is 7.09. The SMILES string of the molecule is C=C1C=CC(C(C)C)CCC(=O)CCC1. The van der Waals surface area contributed by atoms with Gasteiger partial charge < -0.3 is 0 Å². The molecule has 0 saturated carbocycles. The summed E-state index contributed by atoms with van der Waals surface area (Å²) in [5.41, 5.74) is 1.16. The standard InChI is InChI=1S/C14H22O/c1-11(2)13-8-7-12(3)5-4-6-14(15)10-9-13/h7-8,11,13H,3-6,9-10H2,1-2H3. The highest BCUT2D eigenvalue weighted by atomic mass is 16.1. The predicted molar refractivity (Wildman–Crippen MR) is 64.7 cm³/mol. The lowest BCUT2D eigenvalue weighted by atomic mass is 9.88. The van der Waals surface area contributed by atoms with Gasteiger partial charge in [0.05, 0.1) is 0 Å². The van der Waals surface area contributed by atoms with Gasteiger partial charge in [-0.25, -0.2) is 0 Å². The van der Waals surface area contributed by atoms with Crippen LogP contribution in [-0.2, 0) is 4.79 Å². The topological polar surface area (TPSA) is 17.1 Å². The molecule has 0 saturated heterocycles. The molecule has 0 aromatic rings. The number of carbonyl (C=O) groups is 1. The normalized spacial score (nSPS) is 24.6. The molecule has 84 valence electrons. The Morgan fingerprint density at radius 2 is 2.07 bits per heavy atom. The zero-order valence-electron chi connectivity index (χ0n) is 9.96. The average molecular weight is 206 g/mol. The molecule has 15 heavy (non-hydrogen) atoms. The molecule has 0 aromatic heterocycles. The highest BCUT2D eigenvalue weighted by Crippen LogP contribution is 2.22. The molecule has 1 rings (SSSR count). The molecule has 1 atom stereocenters. The van der Waals surface area contributed by atoms with Crippen LogP contribution >= 0.6 is 0 Å². The second-order valence-electron chi connectivity index (χ2n) is 4.86. The molecule has 1 nitrogen and oxygen atoms in total. The Balaban J connectivity index is 2.67. The summed E-state index contributed by atoms with van der Waals surface area (Å²) in [5, 5.41) is 0. The van der Waals surface area contributed by atoms with E-state index >= 15 is 0 Å². The van der Waals surface area contributed by atoms with Crippen molar-refractivity contribution in [3.05, 3.63) is 24.3 Å². The van der Waals surface area contributed by atoms with Crippen molar-refractivity contribution < 1.29 is 4.79 Å². The number of rotatable bonds is 1. The number of carbonyl (C=O) groups excluding carboxylic acids is 1. The van der Waals surface area contributed by atoms with Gasteiger partial charge in [-0.1, -0.05) is 38.2 Å². The summed E-state index contributed by atoms with van der Waals surface area (Å²) in [4.78, 5) is 11.5. The number of hydrogen-bond donors (Lipinski definition) is 0. The Morgan fingerprint density at radius 1 is 1.33 bits per heavy atom. The second kappa shape index (κ2) is 5.89. The van der Waals surface area contributed by atoms with E-state index in [1.54, 1.807) is 0 Å². The highest BCUT2D eigenvalue weighted by Gasteiger charge is 2.13. The first-order valence-electron chi connectivity index (χ1n) is 5.97. The van der Waals surface area contributed by atoms with E-state index in [1.807, 2.05) is 0 Å². The Labute approximate surface area is 93.3 Å². The molecule has 0 bridgehead atoms. The van der Waals surface area contributed by atoms with Crippen molar-refractivity contribution in [1.29, 1.82) is 0 Å². The molecular formula is C14H22O. The lowest BCUT2D eigenvalue weighted by Crippen LogP contribution is -2.10. The molecular weight excluding hydrogens is 184 g/mol. The minimum atomic E-state index is 0.420. The largest absolute Gasteiger partial charge is 0.300 e. The van der Waals surface area contributed by atoms with E-state index in [1.165, 1.54) is 0 Å². The minimum absolute atomic E-state index is 0.420. The van der Waals surface area contributed by atoms with Gasteiger partial charge in [-0.3, -0.25) is 4.79 Å². The van der Waals surface area contributed by atoms with Gasteiger partial charge in [-0.15, -0.1) is 0 Å². The van der Waals surface area contributed by atoms with Crippen molar-refractivity contribution in [1.82, 2.24) is 0 Å². The number of allylic oxidation sites excluding steroid dienone is 3. The summed E-state index contributed by atoms with van der Waals surface area (Å²) >= 11 is 0. The fraction of sp³-hybridized carbons (Fsp3) is 0.643. The average Bonchev–Trinajstić information content (AvgIpc) is 2.16. The molecule has 1 aliphatic carbocycles. The van der Waals surface area contributed by atoms with Gasteiger partial charge >= 0.3 is 0 Å². The van der Waals surface area contributed by atoms with Crippen molar-refractivity contribution in [3.63, 3.8) is 0 Å². The Bertz CT molecular complexity index is 261. The van der Waals surface area contributed by atoms with E-state index in [2.05, 4.69) is 32.6 Å². The molecule has 1 unspecified atom stereocenters. The van der Waals surface area contributed by atoms with Crippen LogP contribution in [0.1, 0.15) is 46.0 Å². The second-order valence-corrected chi connectivity index (χ2v) is 4.86. The maximum Gasteiger partial charge on any atom is 0.132 e. The van der Waals surface area contributed by atoms with E-state index in [0.29, 0.717) is 17.6 Å². The van der Waals surface area contributed by atoms with Crippen LogP contribution in [0.5, 0.6) is 0 Å². The first kappa shape index (κ1) is 12.2. The monoisotopic (exact) mass is 206 g/mol. The van der Waals surface area contributed by atoms with E-state index in [-0.39, 0.29) is 0 Å². The Kier molecular flexibility index (Phi) is 4.80. The molecule has 0 fully saturated rings. The summed E-state index contributed by atoms with van der Waals surface area (Å²) in [6, 6.07) is 0. The van der Waals surface area contributed by atoms with E-state index in [9.17, 15) is 4.79 Å². The van der Waals surface area contributed by atoms with E-state index in [4.69, 9.17) is 0 Å². The molecule has 1 heteroatoms. The van der Waals surface area contributed by atoms with Crippen molar-refractivity contribution in [3.8, 4) is 0 Å². The maximum atomic E-state index is 11.5. The zero-order chi connectivity index (χ0) is 11.3. The van der Waals surface area contributed by atoms with Crippen molar-refractivity contribution in [2.45, 2.75) is 46.0 Å². The Hall–Kier alpha value is -0.850. The van der Waals surface area contributed by atoms with Crippen molar-refractivity contribution in [2.24, 2.45) is 11.8 Å². The molecule has 0 N–H and O–H groups in total. The maximum absolute atomic E-state index is 11.5. The number of hydrogen-bond acceptors (Lipinski definition) is 1. The smallest absolute Gasteiger partial charge is 0.132 e. The third kappa shape index (κ3) is 4.46. The predicted octanol–water partition coefficient (Wildman–Crippen LogP) is 3.90. The van der Waals surface area contributed by atoms with Crippen molar-refractivity contribution >= 4 is 5.78 Å². The van der Waals surface area contributed by atoms with Crippen molar-refractivity contribution in [2.75, 3.05) is 0 Å². The molecule has 0 spiro atoms. The molecule has 0 heterocycles. The van der Waals surface area contributed by atoms with Crippen LogP contribution in [0, 0.1) is 11.8 Å². The van der Waals surface area contributed by atoms with Crippen LogP contribution in [0.4, 0.5) is 0 Å². The van der Waals surface area contributed by atoms with Crippen LogP contribution in [-0.4, -0.2) is 5.78 Å². The third-order valence-electron chi connectivity index (χ3n) is 3.15. The zero-order valence-corrected chi connectivity index (χ0v) is 9.96. The van der Waals surface area contributed by atoms with Crippen LogP contribution in [0.3, 0.4) is 0 Å². The molecule has 0 radical (unpaired) electrons. The quantitative estimate of drug-likeness (QED) is 0.636. The molecule has 0 aromatic carbocycles. The van der Waals surface area contributed by atoms with E-state index in [0.717, 1.165) is 37.7 Å². The third-order valence-corrected chi connectivity index (χ3v) is 3.15. The lowest BCUT2D eigenvalue weighted by Gasteiger charge is -2.17. The summed E-state index contributed by atoms with van der Waals surface area (Å²) in [6.07, 6.45) is 8.81. The summed E-state index contributed by atoms with van der Waals surface area (Å²) in [7, 11) is 0. The number of Topliss-reactive ketones (excluding diaryl/α,β-unsaturated/α-hetero) is 1. The molecule has 0 aliphatic heterocycles. The minimum Gasteiger partial charge on any atom is -0.300 e. The van der Waals surface area contributed by atoms with Gasteiger partial charge in [-0.05, 0) is 31.1 Å². The van der Waals surface area contributed by atoms with Crippen LogP contribution in [0.2, 0.25) is 0 Å². The van der Waals surface area contributed by atoms with Gasteiger partial charge in [0.2, 0.25) is 0 Å². The first-order valence-corrected chi connectivity index (χ1v) is 5.97. The fourth-order valence-corrected chi connectivity index (χ4v) is 1.96. The molecule has 1 aliphatic rings. The summed E-state index contributed by atoms with van der Waals surface area (Å²) in [5.74, 6) is 1.56. The highest BCUT2D eigenvalue weighted by molar-refractivity contribution is 5.78. The fourth-order valence-electron chi connectivity index (χ4n) is 1.96. The number of ketones is 1. The summed E-state index contributed by atoms with van der Waals surface area (Å²) < 4.78 is 0. The Morgan fingerprint density at radius 3 is 2.73 bits per heavy atom. The van der Waals surface area contributed by atoms with Crippen LogP contribution in [0.25, 0.3) is 0 Å². The van der Waals surface area contributed by atoms with Gasteiger partial charge in [0, 0.05) is 12.8 Å². The molecule has 0 amide bonds. The van der Waals surface area contributed by atoms with Gasteiger partial charge in [0.15, 0.2) is 0 Å².